The normalized spacial score (nSPS) is 14.1. The van der Waals surface area contributed by atoms with Crippen molar-refractivity contribution in [2.45, 2.75) is 17.9 Å². The van der Waals surface area contributed by atoms with Crippen molar-refractivity contribution < 1.29 is 14.1 Å². The molecule has 1 heterocycles. The summed E-state index contributed by atoms with van der Waals surface area (Å²) >= 11 is 5.77. The first-order valence-corrected chi connectivity index (χ1v) is 7.59. The summed E-state index contributed by atoms with van der Waals surface area (Å²) in [5.41, 5.74) is 0.956. The molecule has 0 radical (unpaired) electrons. The largest absolute Gasteiger partial charge is 0.390 e. The maximum atomic E-state index is 11.7. The van der Waals surface area contributed by atoms with Gasteiger partial charge in [0.1, 0.15) is 6.33 Å². The summed E-state index contributed by atoms with van der Waals surface area (Å²) in [7, 11) is -1.41. The highest BCUT2D eigenvalue weighted by Crippen LogP contribution is 2.10. The van der Waals surface area contributed by atoms with Crippen molar-refractivity contribution >= 4 is 22.4 Å². The molecular formula is C12H14ClN3O3S. The van der Waals surface area contributed by atoms with Gasteiger partial charge in [-0.25, -0.2) is 4.98 Å². The Hall–Kier alpha value is -1.28. The lowest BCUT2D eigenvalue weighted by molar-refractivity contribution is 0.0394. The van der Waals surface area contributed by atoms with Gasteiger partial charge in [-0.3, -0.25) is 9.31 Å². The zero-order valence-electron chi connectivity index (χ0n) is 10.5. The number of halogens is 1. The minimum atomic E-state index is -1.41. The van der Waals surface area contributed by atoms with Crippen molar-refractivity contribution in [1.29, 1.82) is 0 Å². The van der Waals surface area contributed by atoms with Crippen molar-refractivity contribution in [3.63, 3.8) is 0 Å². The van der Waals surface area contributed by atoms with Crippen LogP contribution in [0.2, 0.25) is 5.02 Å². The third-order valence-corrected chi connectivity index (χ3v) is 4.01. The van der Waals surface area contributed by atoms with E-state index in [0.29, 0.717) is 11.6 Å². The Morgan fingerprint density at radius 2 is 2.15 bits per heavy atom. The lowest BCUT2D eigenvalue weighted by Crippen LogP contribution is -2.23. The molecule has 2 N–H and O–H groups in total. The highest BCUT2D eigenvalue weighted by Gasteiger charge is 2.13. The smallest absolute Gasteiger partial charge is 0.214 e. The molecule has 8 heteroatoms. The lowest BCUT2D eigenvalue weighted by Gasteiger charge is -2.10. The summed E-state index contributed by atoms with van der Waals surface area (Å²) in [5, 5.41) is 16.8. The fourth-order valence-electron chi connectivity index (χ4n) is 1.50. The zero-order valence-corrected chi connectivity index (χ0v) is 12.1. The summed E-state index contributed by atoms with van der Waals surface area (Å²) in [6.07, 6.45) is 0.449. The van der Waals surface area contributed by atoms with E-state index < -0.39 is 16.9 Å². The average molecular weight is 316 g/mol. The van der Waals surface area contributed by atoms with Crippen LogP contribution in [0.4, 0.5) is 0 Å². The first-order chi connectivity index (χ1) is 9.65. The van der Waals surface area contributed by atoms with Crippen LogP contribution in [0, 0.1) is 0 Å². The Labute approximate surface area is 123 Å². The molecule has 1 aromatic carbocycles. The minimum absolute atomic E-state index is 0.0514. The van der Waals surface area contributed by atoms with E-state index in [1.807, 2.05) is 12.1 Å². The van der Waals surface area contributed by atoms with Gasteiger partial charge in [-0.2, -0.15) is 5.10 Å². The maximum Gasteiger partial charge on any atom is 0.214 e. The van der Waals surface area contributed by atoms with Crippen molar-refractivity contribution in [3.8, 4) is 0 Å². The van der Waals surface area contributed by atoms with Crippen LogP contribution in [-0.2, 0) is 22.1 Å². The Morgan fingerprint density at radius 3 is 2.80 bits per heavy atom. The van der Waals surface area contributed by atoms with Crippen LogP contribution >= 0.6 is 11.6 Å². The molecule has 2 atom stereocenters. The van der Waals surface area contributed by atoms with Gasteiger partial charge in [0.15, 0.2) is 0 Å². The molecule has 0 saturated carbocycles. The highest BCUT2D eigenvalue weighted by atomic mass is 35.5. The van der Waals surface area contributed by atoms with Crippen molar-refractivity contribution in [1.82, 2.24) is 15.2 Å². The van der Waals surface area contributed by atoms with E-state index >= 15 is 0 Å². The lowest BCUT2D eigenvalue weighted by atomic mass is 10.2. The van der Waals surface area contributed by atoms with Gasteiger partial charge in [0.25, 0.3) is 0 Å². The number of nitrogens with zero attached hydrogens (tertiary/aromatic N) is 2. The predicted octanol–water partition coefficient (Wildman–Crippen LogP) is 1.14. The first kappa shape index (κ1) is 15.1. The fourth-order valence-corrected chi connectivity index (χ4v) is 2.55. The van der Waals surface area contributed by atoms with E-state index in [1.165, 1.54) is 6.33 Å². The number of hydrogen-bond acceptors (Lipinski definition) is 5. The fraction of sp³-hybridized carbons (Fsp3) is 0.333. The minimum Gasteiger partial charge on any atom is -0.390 e. The van der Waals surface area contributed by atoms with E-state index in [2.05, 4.69) is 15.2 Å². The highest BCUT2D eigenvalue weighted by molar-refractivity contribution is 7.84. The monoisotopic (exact) mass is 315 g/mol. The number of rotatable bonds is 7. The summed E-state index contributed by atoms with van der Waals surface area (Å²) in [5.74, 6) is 0.0514. The van der Waals surface area contributed by atoms with Crippen LogP contribution in [0.5, 0.6) is 0 Å². The topological polar surface area (TPSA) is 88.1 Å². The van der Waals surface area contributed by atoms with E-state index in [1.54, 1.807) is 12.1 Å². The van der Waals surface area contributed by atoms with Gasteiger partial charge in [-0.05, 0) is 17.7 Å². The molecule has 1 aromatic heterocycles. The number of hydrogen-bond donors (Lipinski definition) is 2. The predicted molar refractivity (Wildman–Crippen MR) is 74.8 cm³/mol. The number of aliphatic hydroxyl groups is 1. The van der Waals surface area contributed by atoms with Crippen molar-refractivity contribution in [2.75, 3.05) is 12.4 Å². The van der Waals surface area contributed by atoms with Crippen molar-refractivity contribution in [2.24, 2.45) is 0 Å². The summed E-state index contributed by atoms with van der Waals surface area (Å²) in [4.78, 5) is 3.77. The van der Waals surface area contributed by atoms with Crippen LogP contribution in [0.1, 0.15) is 5.56 Å². The van der Waals surface area contributed by atoms with Gasteiger partial charge in [0.2, 0.25) is 5.16 Å². The number of aromatic nitrogens is 3. The second-order valence-corrected chi connectivity index (χ2v) is 5.95. The number of H-pyrrole nitrogens is 1. The maximum absolute atomic E-state index is 11.7. The molecule has 20 heavy (non-hydrogen) atoms. The van der Waals surface area contributed by atoms with Gasteiger partial charge in [0.05, 0.1) is 35.9 Å². The summed E-state index contributed by atoms with van der Waals surface area (Å²) in [6, 6.07) is 7.24. The third-order valence-electron chi connectivity index (χ3n) is 2.44. The molecule has 108 valence electrons. The van der Waals surface area contributed by atoms with Gasteiger partial charge in [-0.15, -0.1) is 0 Å². The van der Waals surface area contributed by atoms with E-state index in [4.69, 9.17) is 16.3 Å². The molecular weight excluding hydrogens is 302 g/mol. The van der Waals surface area contributed by atoms with Crippen LogP contribution in [0.25, 0.3) is 0 Å². The van der Waals surface area contributed by atoms with E-state index in [0.717, 1.165) is 5.56 Å². The van der Waals surface area contributed by atoms with Crippen LogP contribution in [-0.4, -0.2) is 43.0 Å². The molecule has 6 nitrogen and oxygen atoms in total. The van der Waals surface area contributed by atoms with Gasteiger partial charge < -0.3 is 9.84 Å². The zero-order chi connectivity index (χ0) is 14.4. The molecule has 0 bridgehead atoms. The van der Waals surface area contributed by atoms with Crippen LogP contribution in [0.15, 0.2) is 35.7 Å². The quantitative estimate of drug-likeness (QED) is 0.800. The summed E-state index contributed by atoms with van der Waals surface area (Å²) < 4.78 is 17.1. The Bertz CT molecular complexity index is 548. The van der Waals surface area contributed by atoms with Gasteiger partial charge >= 0.3 is 0 Å². The number of aromatic amines is 1. The van der Waals surface area contributed by atoms with Crippen LogP contribution in [0.3, 0.4) is 0 Å². The average Bonchev–Trinajstić information content (AvgIpc) is 2.95. The molecule has 0 amide bonds. The number of aliphatic hydroxyl groups excluding tert-OH is 1. The summed E-state index contributed by atoms with van der Waals surface area (Å²) in [6.45, 7) is 0.464. The standard InChI is InChI=1S/C12H14ClN3O3S/c13-10-3-1-9(2-4-10)5-19-6-11(17)7-20(18)12-14-8-15-16-12/h1-4,8,11,17H,5-7H2,(H,14,15,16)/t11-,20-/m0/s1. The molecule has 0 aliphatic carbocycles. The Kier molecular flexibility index (Phi) is 5.66. The second-order valence-electron chi connectivity index (χ2n) is 4.10. The number of nitrogens with one attached hydrogen (secondary N) is 1. The molecule has 0 spiro atoms. The SMILES string of the molecule is O=[S@@](C[C@@H](O)COCc1ccc(Cl)cc1)c1ncn[nH]1. The molecule has 0 aliphatic rings. The first-order valence-electron chi connectivity index (χ1n) is 5.89. The molecule has 2 aromatic rings. The van der Waals surface area contributed by atoms with Gasteiger partial charge in [-0.1, -0.05) is 23.7 Å². The number of ether oxygens (including phenoxy) is 1. The molecule has 0 saturated heterocycles. The van der Waals surface area contributed by atoms with Gasteiger partial charge in [0, 0.05) is 5.02 Å². The molecule has 0 fully saturated rings. The second kappa shape index (κ2) is 7.49. The van der Waals surface area contributed by atoms with E-state index in [9.17, 15) is 9.32 Å². The molecule has 0 unspecified atom stereocenters. The van der Waals surface area contributed by atoms with Crippen molar-refractivity contribution in [3.05, 3.63) is 41.2 Å². The molecule has 0 aliphatic heterocycles. The Balaban J connectivity index is 1.71. The van der Waals surface area contributed by atoms with E-state index in [-0.39, 0.29) is 17.5 Å². The van der Waals surface area contributed by atoms with Crippen LogP contribution < -0.4 is 0 Å². The Morgan fingerprint density at radius 1 is 1.40 bits per heavy atom. The molecule has 2 rings (SSSR count). The number of benzene rings is 1. The third kappa shape index (κ3) is 4.68.